The lowest BCUT2D eigenvalue weighted by atomic mass is 9.96. The third kappa shape index (κ3) is 4.90. The SMILES string of the molecule is COc1cc(NC(=N)/C(=C\NC2COCCC2C#N)C(=O)O)cc(F)n1. The summed E-state index contributed by atoms with van der Waals surface area (Å²) in [5, 5.41) is 31.7. The number of nitrogens with one attached hydrogen (secondary N) is 3. The molecule has 0 aromatic carbocycles. The van der Waals surface area contributed by atoms with Crippen LogP contribution >= 0.6 is 0 Å². The van der Waals surface area contributed by atoms with Crippen LogP contribution in [0.4, 0.5) is 10.1 Å². The Bertz CT molecular complexity index is 761. The van der Waals surface area contributed by atoms with E-state index >= 15 is 0 Å². The Morgan fingerprint density at radius 3 is 3.04 bits per heavy atom. The number of hydrogen-bond donors (Lipinski definition) is 4. The van der Waals surface area contributed by atoms with E-state index < -0.39 is 17.8 Å². The quantitative estimate of drug-likeness (QED) is 0.255. The number of amidine groups is 1. The molecule has 2 unspecified atom stereocenters. The van der Waals surface area contributed by atoms with E-state index in [9.17, 15) is 14.3 Å². The van der Waals surface area contributed by atoms with E-state index in [2.05, 4.69) is 21.7 Å². The summed E-state index contributed by atoms with van der Waals surface area (Å²) in [6, 6.07) is 4.09. The molecule has 1 aliphatic heterocycles. The van der Waals surface area contributed by atoms with Crippen LogP contribution in [0.25, 0.3) is 0 Å². The highest BCUT2D eigenvalue weighted by Gasteiger charge is 2.25. The molecule has 1 aromatic heterocycles. The summed E-state index contributed by atoms with van der Waals surface area (Å²) in [5.74, 6) is -3.01. The van der Waals surface area contributed by atoms with Gasteiger partial charge in [0.15, 0.2) is 0 Å². The largest absolute Gasteiger partial charge is 0.481 e. The molecule has 1 aliphatic rings. The minimum Gasteiger partial charge on any atom is -0.481 e. The molecular weight excluding hydrogens is 345 g/mol. The Hall–Kier alpha value is -3.19. The molecule has 2 heterocycles. The summed E-state index contributed by atoms with van der Waals surface area (Å²) in [6.45, 7) is 0.730. The minimum atomic E-state index is -1.36. The van der Waals surface area contributed by atoms with Gasteiger partial charge >= 0.3 is 5.97 Å². The second-order valence-corrected chi connectivity index (χ2v) is 5.46. The summed E-state index contributed by atoms with van der Waals surface area (Å²) >= 11 is 0. The number of carboxylic acid groups (broad SMARTS) is 1. The van der Waals surface area contributed by atoms with Gasteiger partial charge in [0.1, 0.15) is 11.4 Å². The number of rotatable bonds is 6. The number of nitrogens with zero attached hydrogens (tertiary/aromatic N) is 2. The Kier molecular flexibility index (Phi) is 6.46. The minimum absolute atomic E-state index is 0.0181. The predicted molar refractivity (Wildman–Crippen MR) is 89.3 cm³/mol. The highest BCUT2D eigenvalue weighted by Crippen LogP contribution is 2.18. The molecule has 138 valence electrons. The topological polar surface area (TPSA) is 140 Å². The van der Waals surface area contributed by atoms with Crippen molar-refractivity contribution >= 4 is 17.5 Å². The Morgan fingerprint density at radius 1 is 1.62 bits per heavy atom. The van der Waals surface area contributed by atoms with Crippen LogP contribution in [-0.2, 0) is 9.53 Å². The standard InChI is InChI=1S/C16H18FN5O4/c1-25-14-5-10(4-13(17)22-14)21-15(19)11(16(23)24)7-20-12-8-26-3-2-9(12)6-18/h4-5,7,9,12,20H,2-3,8H2,1H3,(H,23,24)(H2,19,21,22)/b11-7+. The lowest BCUT2D eigenvalue weighted by Gasteiger charge is -2.27. The molecule has 0 saturated carbocycles. The number of methoxy groups -OCH3 is 1. The van der Waals surface area contributed by atoms with E-state index in [0.717, 1.165) is 12.3 Å². The first-order valence-electron chi connectivity index (χ1n) is 7.69. The van der Waals surface area contributed by atoms with Gasteiger partial charge in [0, 0.05) is 30.6 Å². The van der Waals surface area contributed by atoms with Gasteiger partial charge in [-0.25, -0.2) is 4.79 Å². The monoisotopic (exact) mass is 363 g/mol. The van der Waals surface area contributed by atoms with E-state index in [1.165, 1.54) is 13.2 Å². The molecule has 0 radical (unpaired) electrons. The summed E-state index contributed by atoms with van der Waals surface area (Å²) in [4.78, 5) is 14.9. The third-order valence-electron chi connectivity index (χ3n) is 3.71. The zero-order valence-electron chi connectivity index (χ0n) is 14.0. The number of aromatic nitrogens is 1. The first kappa shape index (κ1) is 19.1. The van der Waals surface area contributed by atoms with Gasteiger partial charge in [-0.15, -0.1) is 0 Å². The molecule has 10 heteroatoms. The molecule has 0 amide bonds. The van der Waals surface area contributed by atoms with Crippen molar-refractivity contribution in [2.45, 2.75) is 12.5 Å². The van der Waals surface area contributed by atoms with Gasteiger partial charge in [0.2, 0.25) is 11.8 Å². The maximum atomic E-state index is 13.4. The van der Waals surface area contributed by atoms with Crippen LogP contribution in [0.15, 0.2) is 23.9 Å². The Morgan fingerprint density at radius 2 is 2.38 bits per heavy atom. The molecular formula is C16H18FN5O4. The maximum Gasteiger partial charge on any atom is 0.340 e. The number of aliphatic carboxylic acids is 1. The van der Waals surface area contributed by atoms with Gasteiger partial charge in [-0.1, -0.05) is 0 Å². The molecule has 0 bridgehead atoms. The summed E-state index contributed by atoms with van der Waals surface area (Å²) in [7, 11) is 1.31. The van der Waals surface area contributed by atoms with E-state index in [0.29, 0.717) is 13.0 Å². The number of pyridine rings is 1. The highest BCUT2D eigenvalue weighted by molar-refractivity contribution is 6.21. The van der Waals surface area contributed by atoms with Gasteiger partial charge in [-0.05, 0) is 6.42 Å². The Balaban J connectivity index is 2.13. The molecule has 0 spiro atoms. The molecule has 2 rings (SSSR count). The van der Waals surface area contributed by atoms with Crippen molar-refractivity contribution in [2.24, 2.45) is 5.92 Å². The van der Waals surface area contributed by atoms with Crippen LogP contribution in [0.2, 0.25) is 0 Å². The number of halogens is 1. The van der Waals surface area contributed by atoms with Gasteiger partial charge in [0.25, 0.3) is 0 Å². The average Bonchev–Trinajstić information content (AvgIpc) is 2.61. The first-order valence-corrected chi connectivity index (χ1v) is 7.69. The van der Waals surface area contributed by atoms with Crippen molar-refractivity contribution in [3.05, 3.63) is 29.9 Å². The molecule has 9 nitrogen and oxygen atoms in total. The fourth-order valence-electron chi connectivity index (χ4n) is 2.35. The second kappa shape index (κ2) is 8.77. The zero-order chi connectivity index (χ0) is 19.1. The van der Waals surface area contributed by atoms with Crippen molar-refractivity contribution in [3.8, 4) is 11.9 Å². The number of anilines is 1. The molecule has 2 atom stereocenters. The Labute approximate surface area is 148 Å². The van der Waals surface area contributed by atoms with E-state index in [-0.39, 0.29) is 35.7 Å². The molecule has 1 saturated heterocycles. The molecule has 4 N–H and O–H groups in total. The number of nitriles is 1. The van der Waals surface area contributed by atoms with Crippen molar-refractivity contribution in [3.63, 3.8) is 0 Å². The number of ether oxygens (including phenoxy) is 2. The second-order valence-electron chi connectivity index (χ2n) is 5.46. The summed E-state index contributed by atoms with van der Waals surface area (Å²) in [6.07, 6.45) is 1.67. The number of carbonyl (C=O) groups is 1. The van der Waals surface area contributed by atoms with Gasteiger partial charge in [0.05, 0.1) is 31.7 Å². The van der Waals surface area contributed by atoms with Crippen molar-refractivity contribution in [2.75, 3.05) is 25.6 Å². The van der Waals surface area contributed by atoms with Crippen molar-refractivity contribution in [1.29, 1.82) is 10.7 Å². The van der Waals surface area contributed by atoms with Gasteiger partial charge < -0.3 is 25.2 Å². The lowest BCUT2D eigenvalue weighted by Crippen LogP contribution is -2.41. The molecule has 0 aliphatic carbocycles. The molecule has 1 aromatic rings. The van der Waals surface area contributed by atoms with Crippen LogP contribution in [0.5, 0.6) is 5.88 Å². The lowest BCUT2D eigenvalue weighted by molar-refractivity contribution is -0.132. The third-order valence-corrected chi connectivity index (χ3v) is 3.71. The smallest absolute Gasteiger partial charge is 0.340 e. The zero-order valence-corrected chi connectivity index (χ0v) is 14.0. The van der Waals surface area contributed by atoms with Gasteiger partial charge in [-0.2, -0.15) is 14.6 Å². The number of carboxylic acids is 1. The average molecular weight is 363 g/mol. The van der Waals surface area contributed by atoms with Crippen LogP contribution in [-0.4, -0.2) is 48.3 Å². The van der Waals surface area contributed by atoms with Gasteiger partial charge in [-0.3, -0.25) is 5.41 Å². The van der Waals surface area contributed by atoms with Crippen molar-refractivity contribution < 1.29 is 23.8 Å². The van der Waals surface area contributed by atoms with Crippen molar-refractivity contribution in [1.82, 2.24) is 10.3 Å². The summed E-state index contributed by atoms with van der Waals surface area (Å²) < 4.78 is 23.5. The summed E-state index contributed by atoms with van der Waals surface area (Å²) in [5.41, 5.74) is -0.272. The molecule has 26 heavy (non-hydrogen) atoms. The maximum absolute atomic E-state index is 13.4. The molecule has 1 fully saturated rings. The number of hydrogen-bond acceptors (Lipinski definition) is 7. The first-order chi connectivity index (χ1) is 12.4. The van der Waals surface area contributed by atoms with E-state index in [1.54, 1.807) is 0 Å². The fourth-order valence-corrected chi connectivity index (χ4v) is 2.35. The van der Waals surface area contributed by atoms with E-state index in [4.69, 9.17) is 20.1 Å². The highest BCUT2D eigenvalue weighted by atomic mass is 19.1. The van der Waals surface area contributed by atoms with Crippen LogP contribution in [0, 0.1) is 28.6 Å². The van der Waals surface area contributed by atoms with E-state index in [1.807, 2.05) is 0 Å². The van der Waals surface area contributed by atoms with Crippen LogP contribution in [0.3, 0.4) is 0 Å². The van der Waals surface area contributed by atoms with Crippen LogP contribution < -0.4 is 15.4 Å². The van der Waals surface area contributed by atoms with Crippen LogP contribution in [0.1, 0.15) is 6.42 Å². The fraction of sp³-hybridized carbons (Fsp3) is 0.375. The normalized spacial score (nSPS) is 20.0. The predicted octanol–water partition coefficient (Wildman–Crippen LogP) is 1.11.